The van der Waals surface area contributed by atoms with E-state index in [4.69, 9.17) is 9.84 Å². The Morgan fingerprint density at radius 2 is 1.62 bits per heavy atom. The van der Waals surface area contributed by atoms with Gasteiger partial charge in [0.05, 0.1) is 5.41 Å². The van der Waals surface area contributed by atoms with Crippen molar-refractivity contribution in [2.24, 2.45) is 11.3 Å². The highest BCUT2D eigenvalue weighted by molar-refractivity contribution is 5.83. The summed E-state index contributed by atoms with van der Waals surface area (Å²) in [5.41, 5.74) is 3.81. The van der Waals surface area contributed by atoms with Crippen molar-refractivity contribution in [2.45, 2.75) is 51.5 Å². The van der Waals surface area contributed by atoms with Gasteiger partial charge in [-0.2, -0.15) is 0 Å². The van der Waals surface area contributed by atoms with Gasteiger partial charge in [0, 0.05) is 24.9 Å². The Labute approximate surface area is 199 Å². The van der Waals surface area contributed by atoms with E-state index in [1.165, 1.54) is 11.1 Å². The van der Waals surface area contributed by atoms with Gasteiger partial charge in [-0.15, -0.1) is 0 Å². The number of aliphatic carboxylic acids is 1. The number of carbonyl (C=O) groups excluding carboxylic acids is 2. The molecule has 0 radical (unpaired) electrons. The number of ether oxygens (including phenoxy) is 1. The predicted octanol–water partition coefficient (Wildman–Crippen LogP) is 4.31. The molecule has 0 saturated heterocycles. The molecule has 2 aliphatic rings. The molecular formula is C27H32N2O5. The van der Waals surface area contributed by atoms with Crippen LogP contribution in [-0.4, -0.2) is 42.3 Å². The molecule has 2 amide bonds. The van der Waals surface area contributed by atoms with Crippen LogP contribution in [0.3, 0.4) is 0 Å². The summed E-state index contributed by atoms with van der Waals surface area (Å²) in [5.74, 6) is -0.877. The zero-order chi connectivity index (χ0) is 24.3. The summed E-state index contributed by atoms with van der Waals surface area (Å²) in [7, 11) is 0. The molecule has 7 heteroatoms. The molecular weight excluding hydrogens is 432 g/mol. The van der Waals surface area contributed by atoms with E-state index in [1.54, 1.807) is 13.8 Å². The standard InChI is InChI=1S/C27H32N2O5/c1-27(2,25(32)29-18-12-11-17(13-18)14-24(30)31)16-28-26(33)34-15-23-21-9-5-3-7-19(21)20-8-4-6-10-22(20)23/h3-10,17-18,23H,11-16H2,1-2H3,(H,28,33)(H,29,32)(H,30,31). The lowest BCUT2D eigenvalue weighted by molar-refractivity contribution is -0.138. The Kier molecular flexibility index (Phi) is 6.91. The fourth-order valence-corrected chi connectivity index (χ4v) is 5.04. The molecule has 0 bridgehead atoms. The van der Waals surface area contributed by atoms with Gasteiger partial charge in [0.1, 0.15) is 6.61 Å². The lowest BCUT2D eigenvalue weighted by Gasteiger charge is -2.26. The normalized spacial score (nSPS) is 19.2. The number of carboxylic acid groups (broad SMARTS) is 1. The highest BCUT2D eigenvalue weighted by Crippen LogP contribution is 2.44. The zero-order valence-corrected chi connectivity index (χ0v) is 19.7. The van der Waals surface area contributed by atoms with Crippen molar-refractivity contribution in [3.63, 3.8) is 0 Å². The first-order valence-corrected chi connectivity index (χ1v) is 11.9. The van der Waals surface area contributed by atoms with E-state index in [-0.39, 0.29) is 43.4 Å². The van der Waals surface area contributed by atoms with Crippen LogP contribution in [0.1, 0.15) is 56.6 Å². The molecule has 34 heavy (non-hydrogen) atoms. The third kappa shape index (κ3) is 5.24. The lowest BCUT2D eigenvalue weighted by Crippen LogP contribution is -2.47. The van der Waals surface area contributed by atoms with Crippen molar-refractivity contribution in [3.8, 4) is 11.1 Å². The van der Waals surface area contributed by atoms with Crippen LogP contribution in [0.2, 0.25) is 0 Å². The molecule has 4 rings (SSSR count). The van der Waals surface area contributed by atoms with Gasteiger partial charge >= 0.3 is 12.1 Å². The van der Waals surface area contributed by atoms with E-state index in [1.807, 2.05) is 24.3 Å². The van der Waals surface area contributed by atoms with Gasteiger partial charge in [-0.3, -0.25) is 9.59 Å². The fraction of sp³-hybridized carbons (Fsp3) is 0.444. The van der Waals surface area contributed by atoms with Crippen LogP contribution in [0.4, 0.5) is 4.79 Å². The second-order valence-electron chi connectivity index (χ2n) is 10.0. The van der Waals surface area contributed by atoms with Gasteiger partial charge in [0.15, 0.2) is 0 Å². The average molecular weight is 465 g/mol. The summed E-state index contributed by atoms with van der Waals surface area (Å²) in [4.78, 5) is 36.2. The quantitative estimate of drug-likeness (QED) is 0.540. The van der Waals surface area contributed by atoms with Crippen LogP contribution in [0.5, 0.6) is 0 Å². The largest absolute Gasteiger partial charge is 0.481 e. The Balaban J connectivity index is 1.27. The van der Waals surface area contributed by atoms with Crippen molar-refractivity contribution >= 4 is 18.0 Å². The number of nitrogens with one attached hydrogen (secondary N) is 2. The Bertz CT molecular complexity index is 1030. The second kappa shape index (κ2) is 9.87. The van der Waals surface area contributed by atoms with Crippen LogP contribution >= 0.6 is 0 Å². The summed E-state index contributed by atoms with van der Waals surface area (Å²) in [5, 5.41) is 14.7. The maximum Gasteiger partial charge on any atom is 0.407 e. The highest BCUT2D eigenvalue weighted by atomic mass is 16.5. The van der Waals surface area contributed by atoms with Gasteiger partial charge in [-0.05, 0) is 61.3 Å². The summed E-state index contributed by atoms with van der Waals surface area (Å²) < 4.78 is 5.56. The van der Waals surface area contributed by atoms with Crippen LogP contribution < -0.4 is 10.6 Å². The van der Waals surface area contributed by atoms with Crippen LogP contribution in [0.15, 0.2) is 48.5 Å². The van der Waals surface area contributed by atoms with Gasteiger partial charge in [0.2, 0.25) is 5.91 Å². The van der Waals surface area contributed by atoms with Gasteiger partial charge in [0.25, 0.3) is 0 Å². The van der Waals surface area contributed by atoms with E-state index in [0.29, 0.717) is 6.42 Å². The Morgan fingerprint density at radius 3 is 2.24 bits per heavy atom. The van der Waals surface area contributed by atoms with E-state index >= 15 is 0 Å². The highest BCUT2D eigenvalue weighted by Gasteiger charge is 2.34. The molecule has 0 aliphatic heterocycles. The second-order valence-corrected chi connectivity index (χ2v) is 10.0. The molecule has 2 aromatic rings. The summed E-state index contributed by atoms with van der Waals surface area (Å²) in [6.45, 7) is 3.91. The molecule has 0 spiro atoms. The van der Waals surface area contributed by atoms with Crippen LogP contribution in [-0.2, 0) is 14.3 Å². The molecule has 2 atom stereocenters. The minimum absolute atomic E-state index is 0.0180. The predicted molar refractivity (Wildman–Crippen MR) is 128 cm³/mol. The summed E-state index contributed by atoms with van der Waals surface area (Å²) >= 11 is 0. The van der Waals surface area contributed by atoms with Crippen LogP contribution in [0.25, 0.3) is 11.1 Å². The number of hydrogen-bond donors (Lipinski definition) is 3. The molecule has 2 aliphatic carbocycles. The third-order valence-corrected chi connectivity index (χ3v) is 6.97. The first-order valence-electron chi connectivity index (χ1n) is 11.9. The molecule has 2 aromatic carbocycles. The van der Waals surface area contributed by atoms with E-state index in [2.05, 4.69) is 34.9 Å². The van der Waals surface area contributed by atoms with Crippen LogP contribution in [0, 0.1) is 11.3 Å². The third-order valence-electron chi connectivity index (χ3n) is 6.97. The molecule has 1 fully saturated rings. The lowest BCUT2D eigenvalue weighted by atomic mass is 9.91. The number of rotatable bonds is 8. The van der Waals surface area contributed by atoms with Crippen molar-refractivity contribution in [1.82, 2.24) is 10.6 Å². The summed E-state index contributed by atoms with van der Waals surface area (Å²) in [6.07, 6.45) is 1.84. The van der Waals surface area contributed by atoms with Gasteiger partial charge < -0.3 is 20.5 Å². The zero-order valence-electron chi connectivity index (χ0n) is 19.7. The molecule has 0 aromatic heterocycles. The first-order chi connectivity index (χ1) is 16.2. The minimum atomic E-state index is -0.823. The summed E-state index contributed by atoms with van der Waals surface area (Å²) in [6, 6.07) is 16.3. The molecule has 0 heterocycles. The maximum absolute atomic E-state index is 12.8. The number of hydrogen-bond acceptors (Lipinski definition) is 4. The number of fused-ring (bicyclic) bond motifs is 3. The monoisotopic (exact) mass is 464 g/mol. The molecule has 2 unspecified atom stereocenters. The number of benzene rings is 2. The number of carbonyl (C=O) groups is 3. The SMILES string of the molecule is CC(C)(CNC(=O)OCC1c2ccccc2-c2ccccc21)C(=O)NC1CCC(CC(=O)O)C1. The van der Waals surface area contributed by atoms with Gasteiger partial charge in [-0.1, -0.05) is 48.5 Å². The van der Waals surface area contributed by atoms with Crippen molar-refractivity contribution in [3.05, 3.63) is 59.7 Å². The Morgan fingerprint density at radius 1 is 1.00 bits per heavy atom. The first kappa shape index (κ1) is 23.8. The topological polar surface area (TPSA) is 105 Å². The molecule has 3 N–H and O–H groups in total. The molecule has 7 nitrogen and oxygen atoms in total. The van der Waals surface area contributed by atoms with Crippen molar-refractivity contribution in [2.75, 3.05) is 13.2 Å². The number of carboxylic acids is 1. The van der Waals surface area contributed by atoms with Gasteiger partial charge in [-0.25, -0.2) is 4.79 Å². The van der Waals surface area contributed by atoms with E-state index in [0.717, 1.165) is 24.0 Å². The van der Waals surface area contributed by atoms with E-state index < -0.39 is 17.5 Å². The van der Waals surface area contributed by atoms with Crippen molar-refractivity contribution in [1.29, 1.82) is 0 Å². The smallest absolute Gasteiger partial charge is 0.407 e. The number of alkyl carbamates (subject to hydrolysis) is 1. The fourth-order valence-electron chi connectivity index (χ4n) is 5.04. The Hall–Kier alpha value is -3.35. The number of amides is 2. The molecule has 1 saturated carbocycles. The van der Waals surface area contributed by atoms with Crippen molar-refractivity contribution < 1.29 is 24.2 Å². The molecule has 180 valence electrons. The van der Waals surface area contributed by atoms with E-state index in [9.17, 15) is 14.4 Å². The minimum Gasteiger partial charge on any atom is -0.481 e. The maximum atomic E-state index is 12.8. The average Bonchev–Trinajstić information content (AvgIpc) is 3.37.